The molecule has 0 spiro atoms. The van der Waals surface area contributed by atoms with Crippen LogP contribution in [0.15, 0.2) is 16.5 Å². The number of carbonyl (C=O) groups excluding carboxylic acids is 1. The third kappa shape index (κ3) is 2.28. The molecule has 2 rings (SSSR count). The van der Waals surface area contributed by atoms with E-state index in [9.17, 15) is 24.8 Å². The minimum Gasteiger partial charge on any atom is -0.481 e. The summed E-state index contributed by atoms with van der Waals surface area (Å²) in [5.74, 6) is -2.43. The SMILES string of the molecule is CN1C(=O)CCC(C(=O)O)C1c1ccc([N+](=O)[O-])o1. The van der Waals surface area contributed by atoms with Crippen LogP contribution in [0.2, 0.25) is 0 Å². The summed E-state index contributed by atoms with van der Waals surface area (Å²) in [6.07, 6.45) is 0.338. The minimum absolute atomic E-state index is 0.120. The van der Waals surface area contributed by atoms with Crippen LogP contribution in [-0.4, -0.2) is 33.9 Å². The van der Waals surface area contributed by atoms with Gasteiger partial charge in [-0.05, 0) is 12.5 Å². The van der Waals surface area contributed by atoms with Gasteiger partial charge in [0.05, 0.1) is 12.0 Å². The Labute approximate surface area is 107 Å². The molecule has 2 heterocycles. The molecule has 1 N–H and O–H groups in total. The first-order valence-corrected chi connectivity index (χ1v) is 5.64. The van der Waals surface area contributed by atoms with E-state index < -0.39 is 28.7 Å². The maximum absolute atomic E-state index is 11.6. The van der Waals surface area contributed by atoms with E-state index in [1.165, 1.54) is 18.0 Å². The van der Waals surface area contributed by atoms with Crippen molar-refractivity contribution in [3.63, 3.8) is 0 Å². The highest BCUT2D eigenvalue weighted by molar-refractivity contribution is 5.81. The Kier molecular flexibility index (Phi) is 3.24. The van der Waals surface area contributed by atoms with E-state index in [1.807, 2.05) is 0 Å². The second-order valence-corrected chi connectivity index (χ2v) is 4.37. The second kappa shape index (κ2) is 4.71. The van der Waals surface area contributed by atoms with Gasteiger partial charge in [-0.25, -0.2) is 0 Å². The maximum Gasteiger partial charge on any atom is 0.433 e. The quantitative estimate of drug-likeness (QED) is 0.650. The molecule has 102 valence electrons. The van der Waals surface area contributed by atoms with Gasteiger partial charge in [-0.3, -0.25) is 19.7 Å². The Morgan fingerprint density at radius 3 is 2.79 bits per heavy atom. The van der Waals surface area contributed by atoms with Crippen LogP contribution in [0.4, 0.5) is 5.88 Å². The van der Waals surface area contributed by atoms with Crippen LogP contribution in [0.3, 0.4) is 0 Å². The van der Waals surface area contributed by atoms with E-state index in [0.717, 1.165) is 6.07 Å². The number of carboxylic acid groups (broad SMARTS) is 1. The first kappa shape index (κ1) is 13.1. The van der Waals surface area contributed by atoms with Gasteiger partial charge >= 0.3 is 11.9 Å². The van der Waals surface area contributed by atoms with Gasteiger partial charge in [0.25, 0.3) is 0 Å². The fourth-order valence-corrected chi connectivity index (χ4v) is 2.29. The molecule has 1 aromatic rings. The first-order chi connectivity index (χ1) is 8.91. The van der Waals surface area contributed by atoms with Gasteiger partial charge in [-0.2, -0.15) is 0 Å². The van der Waals surface area contributed by atoms with Crippen LogP contribution in [-0.2, 0) is 9.59 Å². The van der Waals surface area contributed by atoms with Gasteiger partial charge in [-0.15, -0.1) is 0 Å². The summed E-state index contributed by atoms with van der Waals surface area (Å²) in [5, 5.41) is 19.7. The molecule has 1 aliphatic rings. The lowest BCUT2D eigenvalue weighted by Crippen LogP contribution is -2.42. The number of carbonyl (C=O) groups is 2. The smallest absolute Gasteiger partial charge is 0.433 e. The highest BCUT2D eigenvalue weighted by Crippen LogP contribution is 2.37. The Hall–Kier alpha value is -2.38. The number of hydrogen-bond donors (Lipinski definition) is 1. The molecule has 1 aliphatic heterocycles. The van der Waals surface area contributed by atoms with Gasteiger partial charge in [0.15, 0.2) is 0 Å². The number of carboxylic acids is 1. The van der Waals surface area contributed by atoms with Crippen LogP contribution in [0.25, 0.3) is 0 Å². The lowest BCUT2D eigenvalue weighted by atomic mass is 9.87. The van der Waals surface area contributed by atoms with Crippen LogP contribution < -0.4 is 0 Å². The predicted molar refractivity (Wildman–Crippen MR) is 61.2 cm³/mol. The van der Waals surface area contributed by atoms with Crippen molar-refractivity contribution >= 4 is 17.8 Å². The van der Waals surface area contributed by atoms with Crippen LogP contribution in [0.1, 0.15) is 24.6 Å². The molecule has 2 unspecified atom stereocenters. The Balaban J connectivity index is 2.37. The normalized spacial score (nSPS) is 23.4. The van der Waals surface area contributed by atoms with Crippen molar-refractivity contribution in [2.24, 2.45) is 5.92 Å². The average Bonchev–Trinajstić information content (AvgIpc) is 2.81. The highest BCUT2D eigenvalue weighted by Gasteiger charge is 2.41. The van der Waals surface area contributed by atoms with Gasteiger partial charge in [0.1, 0.15) is 16.7 Å². The van der Waals surface area contributed by atoms with Crippen LogP contribution >= 0.6 is 0 Å². The van der Waals surface area contributed by atoms with E-state index in [2.05, 4.69) is 0 Å². The number of nitrogens with zero attached hydrogens (tertiary/aromatic N) is 2. The number of hydrogen-bond acceptors (Lipinski definition) is 5. The van der Waals surface area contributed by atoms with Crippen molar-refractivity contribution in [2.45, 2.75) is 18.9 Å². The summed E-state index contributed by atoms with van der Waals surface area (Å²) in [4.78, 5) is 34.0. The summed E-state index contributed by atoms with van der Waals surface area (Å²) in [6, 6.07) is 1.68. The Morgan fingerprint density at radius 1 is 1.58 bits per heavy atom. The van der Waals surface area contributed by atoms with Crippen molar-refractivity contribution in [1.82, 2.24) is 4.90 Å². The fourth-order valence-electron chi connectivity index (χ4n) is 2.29. The predicted octanol–water partition coefficient (Wildman–Crippen LogP) is 1.18. The maximum atomic E-state index is 11.6. The van der Waals surface area contributed by atoms with E-state index in [0.29, 0.717) is 0 Å². The summed E-state index contributed by atoms with van der Waals surface area (Å²) in [5.41, 5.74) is 0. The summed E-state index contributed by atoms with van der Waals surface area (Å²) >= 11 is 0. The molecule has 0 bridgehead atoms. The molecule has 1 fully saturated rings. The van der Waals surface area contributed by atoms with Crippen molar-refractivity contribution in [1.29, 1.82) is 0 Å². The molecule has 8 nitrogen and oxygen atoms in total. The van der Waals surface area contributed by atoms with Gasteiger partial charge in [0.2, 0.25) is 5.91 Å². The number of furan rings is 1. The molecule has 2 atom stereocenters. The van der Waals surface area contributed by atoms with Gasteiger partial charge in [-0.1, -0.05) is 0 Å². The Bertz CT molecular complexity index is 537. The number of amides is 1. The molecule has 8 heteroatoms. The molecule has 0 aliphatic carbocycles. The van der Waals surface area contributed by atoms with E-state index >= 15 is 0 Å². The van der Waals surface area contributed by atoms with Crippen molar-refractivity contribution in [3.05, 3.63) is 28.0 Å². The average molecular weight is 268 g/mol. The molecule has 0 saturated carbocycles. The molecule has 1 amide bonds. The zero-order chi connectivity index (χ0) is 14.2. The van der Waals surface area contributed by atoms with E-state index in [1.54, 1.807) is 0 Å². The van der Waals surface area contributed by atoms with Crippen LogP contribution in [0.5, 0.6) is 0 Å². The van der Waals surface area contributed by atoms with Crippen molar-refractivity contribution < 1.29 is 24.0 Å². The summed E-state index contributed by atoms with van der Waals surface area (Å²) < 4.78 is 5.03. The largest absolute Gasteiger partial charge is 0.481 e. The van der Waals surface area contributed by atoms with Gasteiger partial charge in [0, 0.05) is 13.5 Å². The molecular weight excluding hydrogens is 256 g/mol. The first-order valence-electron chi connectivity index (χ1n) is 5.64. The summed E-state index contributed by atoms with van der Waals surface area (Å²) in [7, 11) is 1.47. The van der Waals surface area contributed by atoms with E-state index in [-0.39, 0.29) is 24.5 Å². The lowest BCUT2D eigenvalue weighted by molar-refractivity contribution is -0.402. The summed E-state index contributed by atoms with van der Waals surface area (Å²) in [6.45, 7) is 0. The Morgan fingerprint density at radius 2 is 2.26 bits per heavy atom. The molecule has 0 aromatic carbocycles. The monoisotopic (exact) mass is 268 g/mol. The number of nitro groups is 1. The minimum atomic E-state index is -1.05. The fraction of sp³-hybridized carbons (Fsp3) is 0.455. The standard InChI is InChI=1S/C11H12N2O6/c1-12-8(14)4-2-6(11(15)16)10(12)7-3-5-9(19-7)13(17)18/h3,5-6,10H,2,4H2,1H3,(H,15,16). The topological polar surface area (TPSA) is 114 Å². The van der Waals surface area contributed by atoms with E-state index in [4.69, 9.17) is 4.42 Å². The molecule has 1 aromatic heterocycles. The molecular formula is C11H12N2O6. The third-order valence-electron chi connectivity index (χ3n) is 3.26. The molecule has 1 saturated heterocycles. The van der Waals surface area contributed by atoms with Gasteiger partial charge < -0.3 is 14.4 Å². The third-order valence-corrected chi connectivity index (χ3v) is 3.26. The molecule has 19 heavy (non-hydrogen) atoms. The lowest BCUT2D eigenvalue weighted by Gasteiger charge is -2.35. The van der Waals surface area contributed by atoms with Crippen LogP contribution in [0, 0.1) is 16.0 Å². The number of aliphatic carboxylic acids is 1. The number of piperidine rings is 1. The number of rotatable bonds is 3. The zero-order valence-electron chi connectivity index (χ0n) is 10.1. The van der Waals surface area contributed by atoms with Crippen molar-refractivity contribution in [2.75, 3.05) is 7.05 Å². The second-order valence-electron chi connectivity index (χ2n) is 4.37. The zero-order valence-corrected chi connectivity index (χ0v) is 10.1. The number of likely N-dealkylation sites (tertiary alicyclic amines) is 1. The molecule has 0 radical (unpaired) electrons. The van der Waals surface area contributed by atoms with Crippen molar-refractivity contribution in [3.8, 4) is 0 Å². The highest BCUT2D eigenvalue weighted by atomic mass is 16.6.